The first-order valence-corrected chi connectivity index (χ1v) is 11.3. The van der Waals surface area contributed by atoms with Gasteiger partial charge in [-0.2, -0.15) is 0 Å². The van der Waals surface area contributed by atoms with Gasteiger partial charge in [-0.05, 0) is 37.6 Å². The summed E-state index contributed by atoms with van der Waals surface area (Å²) in [6.07, 6.45) is 3.08. The summed E-state index contributed by atoms with van der Waals surface area (Å²) < 4.78 is 32.4. The molecule has 0 amide bonds. The Hall–Kier alpha value is -1.16. The molecule has 1 aromatic rings. The lowest BCUT2D eigenvalue weighted by Gasteiger charge is -2.22. The second kappa shape index (κ2) is 10.7. The van der Waals surface area contributed by atoms with Crippen LogP contribution in [0.3, 0.4) is 0 Å². The molecule has 1 atom stereocenters. The fourth-order valence-corrected chi connectivity index (χ4v) is 4.05. The van der Waals surface area contributed by atoms with E-state index >= 15 is 0 Å². The lowest BCUT2D eigenvalue weighted by Crippen LogP contribution is -2.42. The number of rotatable bonds is 9. The molecule has 0 aliphatic carbocycles. The Balaban J connectivity index is 1.72. The molecule has 25 heavy (non-hydrogen) atoms. The standard InChI is InChI=1S/C16H28N4O3S2/c1-2-17-16(19-13-15-7-5-10-24-15)18-8-11-25(21,22)20-12-14-6-3-4-9-23-14/h5,7,10,14,20H,2-4,6,8-9,11-13H2,1H3,(H2,17,18,19). The van der Waals surface area contributed by atoms with Gasteiger partial charge in [0.25, 0.3) is 0 Å². The summed E-state index contributed by atoms with van der Waals surface area (Å²) in [5.41, 5.74) is 0. The van der Waals surface area contributed by atoms with Gasteiger partial charge in [0.2, 0.25) is 10.0 Å². The number of nitrogens with one attached hydrogen (secondary N) is 3. The van der Waals surface area contributed by atoms with Crippen molar-refractivity contribution < 1.29 is 13.2 Å². The molecule has 7 nitrogen and oxygen atoms in total. The largest absolute Gasteiger partial charge is 0.377 e. The lowest BCUT2D eigenvalue weighted by molar-refractivity contribution is 0.0200. The van der Waals surface area contributed by atoms with Crippen molar-refractivity contribution in [3.63, 3.8) is 0 Å². The summed E-state index contributed by atoms with van der Waals surface area (Å²) in [7, 11) is -3.32. The zero-order valence-corrected chi connectivity index (χ0v) is 16.3. The van der Waals surface area contributed by atoms with Gasteiger partial charge < -0.3 is 15.4 Å². The minimum absolute atomic E-state index is 0.00108. The maximum Gasteiger partial charge on any atom is 0.213 e. The summed E-state index contributed by atoms with van der Waals surface area (Å²) in [6.45, 7) is 4.66. The molecular formula is C16H28N4O3S2. The van der Waals surface area contributed by atoms with E-state index in [9.17, 15) is 8.42 Å². The summed E-state index contributed by atoms with van der Waals surface area (Å²) in [6, 6.07) is 4.02. The third-order valence-electron chi connectivity index (χ3n) is 3.79. The van der Waals surface area contributed by atoms with E-state index in [4.69, 9.17) is 4.74 Å². The van der Waals surface area contributed by atoms with Gasteiger partial charge in [-0.15, -0.1) is 11.3 Å². The zero-order chi connectivity index (χ0) is 18.0. The van der Waals surface area contributed by atoms with Crippen molar-refractivity contribution in [2.45, 2.75) is 38.8 Å². The van der Waals surface area contributed by atoms with Crippen LogP contribution in [0.2, 0.25) is 0 Å². The SMILES string of the molecule is CCNC(=NCc1cccs1)NCCS(=O)(=O)NCC1CCCCO1. The molecule has 9 heteroatoms. The first-order chi connectivity index (χ1) is 12.1. The summed E-state index contributed by atoms with van der Waals surface area (Å²) in [4.78, 5) is 5.63. The number of sulfonamides is 1. The third-order valence-corrected chi connectivity index (χ3v) is 5.99. The van der Waals surface area contributed by atoms with Crippen LogP contribution in [-0.2, 0) is 21.3 Å². The predicted octanol–water partition coefficient (Wildman–Crippen LogP) is 1.29. The zero-order valence-electron chi connectivity index (χ0n) is 14.7. The molecule has 1 unspecified atom stereocenters. The quantitative estimate of drug-likeness (QED) is 0.438. The van der Waals surface area contributed by atoms with Crippen LogP contribution in [-0.4, -0.2) is 52.5 Å². The Kier molecular flexibility index (Phi) is 8.66. The highest BCUT2D eigenvalue weighted by Crippen LogP contribution is 2.12. The van der Waals surface area contributed by atoms with Gasteiger partial charge in [0, 0.05) is 31.1 Å². The highest BCUT2D eigenvalue weighted by atomic mass is 32.2. The van der Waals surface area contributed by atoms with Crippen LogP contribution >= 0.6 is 11.3 Å². The second-order valence-corrected chi connectivity index (χ2v) is 8.82. The smallest absolute Gasteiger partial charge is 0.213 e. The van der Waals surface area contributed by atoms with Gasteiger partial charge in [-0.3, -0.25) is 0 Å². The molecule has 0 saturated carbocycles. The first-order valence-electron chi connectivity index (χ1n) is 8.72. The number of aliphatic imine (C=N–C) groups is 1. The number of thiophene rings is 1. The van der Waals surface area contributed by atoms with Gasteiger partial charge in [0.05, 0.1) is 18.4 Å². The second-order valence-electron chi connectivity index (χ2n) is 5.86. The predicted molar refractivity (Wildman–Crippen MR) is 103 cm³/mol. The Morgan fingerprint density at radius 2 is 2.28 bits per heavy atom. The fraction of sp³-hybridized carbons (Fsp3) is 0.688. The molecule has 0 aromatic carbocycles. The van der Waals surface area contributed by atoms with Gasteiger partial charge in [0.1, 0.15) is 0 Å². The summed E-state index contributed by atoms with van der Waals surface area (Å²) in [5, 5.41) is 8.21. The topological polar surface area (TPSA) is 91.8 Å². The number of guanidine groups is 1. The minimum atomic E-state index is -3.32. The van der Waals surface area contributed by atoms with Crippen molar-refractivity contribution in [3.8, 4) is 0 Å². The monoisotopic (exact) mass is 388 g/mol. The van der Waals surface area contributed by atoms with Crippen LogP contribution in [0.25, 0.3) is 0 Å². The van der Waals surface area contributed by atoms with Crippen LogP contribution in [0, 0.1) is 0 Å². The Bertz CT molecular complexity index is 611. The Morgan fingerprint density at radius 1 is 1.40 bits per heavy atom. The average Bonchev–Trinajstić information content (AvgIpc) is 3.12. The molecule has 1 aliphatic heterocycles. The molecule has 2 heterocycles. The van der Waals surface area contributed by atoms with Crippen LogP contribution in [0.5, 0.6) is 0 Å². The number of ether oxygens (including phenoxy) is 1. The Labute approximate surface area is 154 Å². The first kappa shape index (κ1) is 20.2. The highest BCUT2D eigenvalue weighted by molar-refractivity contribution is 7.89. The molecule has 0 radical (unpaired) electrons. The molecule has 3 N–H and O–H groups in total. The van der Waals surface area contributed by atoms with E-state index in [1.165, 1.54) is 4.88 Å². The van der Waals surface area contributed by atoms with E-state index < -0.39 is 10.0 Å². The van der Waals surface area contributed by atoms with Crippen molar-refractivity contribution in [2.75, 3.05) is 32.0 Å². The van der Waals surface area contributed by atoms with E-state index in [1.807, 2.05) is 24.4 Å². The van der Waals surface area contributed by atoms with Crippen LogP contribution in [0.1, 0.15) is 31.1 Å². The van der Waals surface area contributed by atoms with Crippen molar-refractivity contribution in [1.29, 1.82) is 0 Å². The normalized spacial score (nSPS) is 18.9. The number of hydrogen-bond donors (Lipinski definition) is 3. The average molecular weight is 389 g/mol. The Morgan fingerprint density at radius 3 is 2.96 bits per heavy atom. The van der Waals surface area contributed by atoms with Gasteiger partial charge in [-0.25, -0.2) is 18.1 Å². The van der Waals surface area contributed by atoms with E-state index in [-0.39, 0.29) is 11.9 Å². The summed E-state index contributed by atoms with van der Waals surface area (Å²) in [5.74, 6) is 0.630. The van der Waals surface area contributed by atoms with Crippen LogP contribution in [0.15, 0.2) is 22.5 Å². The molecule has 142 valence electrons. The van der Waals surface area contributed by atoms with Crippen LogP contribution in [0.4, 0.5) is 0 Å². The van der Waals surface area contributed by atoms with Crippen molar-refractivity contribution in [1.82, 2.24) is 15.4 Å². The maximum atomic E-state index is 12.1. The molecule has 1 saturated heterocycles. The van der Waals surface area contributed by atoms with E-state index in [1.54, 1.807) is 11.3 Å². The molecule has 1 aromatic heterocycles. The van der Waals surface area contributed by atoms with Crippen molar-refractivity contribution in [3.05, 3.63) is 22.4 Å². The van der Waals surface area contributed by atoms with E-state index in [2.05, 4.69) is 20.3 Å². The number of hydrogen-bond acceptors (Lipinski definition) is 5. The van der Waals surface area contributed by atoms with E-state index in [0.717, 1.165) is 32.4 Å². The molecule has 0 bridgehead atoms. The minimum Gasteiger partial charge on any atom is -0.377 e. The molecule has 1 fully saturated rings. The highest BCUT2D eigenvalue weighted by Gasteiger charge is 2.17. The van der Waals surface area contributed by atoms with Crippen molar-refractivity contribution in [2.24, 2.45) is 4.99 Å². The van der Waals surface area contributed by atoms with Crippen molar-refractivity contribution >= 4 is 27.3 Å². The fourth-order valence-electron chi connectivity index (χ4n) is 2.47. The lowest BCUT2D eigenvalue weighted by atomic mass is 10.1. The molecule has 0 spiro atoms. The van der Waals surface area contributed by atoms with Gasteiger partial charge in [0.15, 0.2) is 5.96 Å². The van der Waals surface area contributed by atoms with Gasteiger partial charge >= 0.3 is 0 Å². The number of nitrogens with zero attached hydrogens (tertiary/aromatic N) is 1. The summed E-state index contributed by atoms with van der Waals surface area (Å²) >= 11 is 1.65. The maximum absolute atomic E-state index is 12.1. The third kappa shape index (κ3) is 8.17. The molecule has 1 aliphatic rings. The van der Waals surface area contributed by atoms with E-state index in [0.29, 0.717) is 25.6 Å². The van der Waals surface area contributed by atoms with Gasteiger partial charge in [-0.1, -0.05) is 6.07 Å². The molecular weight excluding hydrogens is 360 g/mol. The molecule has 2 rings (SSSR count). The van der Waals surface area contributed by atoms with Crippen LogP contribution < -0.4 is 15.4 Å².